The standard InChI is InChI=1S/C12H11Br2NO3/c1-18-12(17)7-5-10(16)15(6-7)11-8(13)3-2-4-9(11)14/h2-4,7H,5-6H2,1H3. The highest BCUT2D eigenvalue weighted by Gasteiger charge is 2.37. The van der Waals surface area contributed by atoms with E-state index >= 15 is 0 Å². The molecule has 1 saturated heterocycles. The predicted molar refractivity (Wildman–Crippen MR) is 74.3 cm³/mol. The maximum absolute atomic E-state index is 12.0. The van der Waals surface area contributed by atoms with Crippen LogP contribution in [0.3, 0.4) is 0 Å². The van der Waals surface area contributed by atoms with Gasteiger partial charge in [0.2, 0.25) is 5.91 Å². The molecule has 0 bridgehead atoms. The number of carbonyl (C=O) groups excluding carboxylic acids is 2. The summed E-state index contributed by atoms with van der Waals surface area (Å²) < 4.78 is 6.32. The summed E-state index contributed by atoms with van der Waals surface area (Å²) in [5.41, 5.74) is 0.758. The Bertz CT molecular complexity index is 484. The van der Waals surface area contributed by atoms with Crippen molar-refractivity contribution in [3.05, 3.63) is 27.1 Å². The van der Waals surface area contributed by atoms with E-state index in [-0.39, 0.29) is 24.2 Å². The van der Waals surface area contributed by atoms with Crippen molar-refractivity contribution in [2.24, 2.45) is 5.92 Å². The van der Waals surface area contributed by atoms with Crippen molar-refractivity contribution in [3.63, 3.8) is 0 Å². The molecule has 6 heteroatoms. The van der Waals surface area contributed by atoms with Crippen LogP contribution in [-0.4, -0.2) is 25.5 Å². The summed E-state index contributed by atoms with van der Waals surface area (Å²) in [6, 6.07) is 5.59. The smallest absolute Gasteiger partial charge is 0.311 e. The molecule has 1 aliphatic heterocycles. The number of para-hydroxylation sites is 1. The first-order valence-corrected chi connectivity index (χ1v) is 6.95. The summed E-state index contributed by atoms with van der Waals surface area (Å²) in [6.07, 6.45) is 0.195. The highest BCUT2D eigenvalue weighted by molar-refractivity contribution is 9.11. The number of benzene rings is 1. The molecule has 1 atom stereocenters. The molecule has 1 heterocycles. The number of anilines is 1. The molecule has 0 aliphatic carbocycles. The lowest BCUT2D eigenvalue weighted by molar-refractivity contribution is -0.145. The molecule has 96 valence electrons. The fraction of sp³-hybridized carbons (Fsp3) is 0.333. The lowest BCUT2D eigenvalue weighted by Gasteiger charge is -2.19. The third-order valence-electron chi connectivity index (χ3n) is 2.87. The lowest BCUT2D eigenvalue weighted by Crippen LogP contribution is -2.26. The summed E-state index contributed by atoms with van der Waals surface area (Å²) >= 11 is 6.84. The first kappa shape index (κ1) is 13.5. The Kier molecular flexibility index (Phi) is 4.07. The van der Waals surface area contributed by atoms with Crippen molar-refractivity contribution in [2.75, 3.05) is 18.6 Å². The van der Waals surface area contributed by atoms with Crippen LogP contribution < -0.4 is 4.90 Å². The minimum Gasteiger partial charge on any atom is -0.469 e. The largest absolute Gasteiger partial charge is 0.469 e. The monoisotopic (exact) mass is 375 g/mol. The molecule has 1 aromatic carbocycles. The van der Waals surface area contributed by atoms with Crippen LogP contribution in [0, 0.1) is 5.92 Å². The van der Waals surface area contributed by atoms with E-state index in [0.717, 1.165) is 14.6 Å². The zero-order valence-electron chi connectivity index (χ0n) is 9.65. The van der Waals surface area contributed by atoms with E-state index in [0.29, 0.717) is 6.54 Å². The molecule has 0 N–H and O–H groups in total. The van der Waals surface area contributed by atoms with Crippen LogP contribution in [0.4, 0.5) is 5.69 Å². The number of rotatable bonds is 2. The molecule has 0 saturated carbocycles. The summed E-state index contributed by atoms with van der Waals surface area (Å²) in [5.74, 6) is -0.798. The quantitative estimate of drug-likeness (QED) is 0.745. The molecule has 1 amide bonds. The molecular weight excluding hydrogens is 366 g/mol. The van der Waals surface area contributed by atoms with Gasteiger partial charge in [-0.2, -0.15) is 0 Å². The fourth-order valence-electron chi connectivity index (χ4n) is 2.00. The number of nitrogens with zero attached hydrogens (tertiary/aromatic N) is 1. The van der Waals surface area contributed by atoms with Crippen LogP contribution in [0.5, 0.6) is 0 Å². The number of methoxy groups -OCH3 is 1. The number of hydrogen-bond acceptors (Lipinski definition) is 3. The maximum atomic E-state index is 12.0. The third kappa shape index (κ3) is 2.44. The molecule has 0 spiro atoms. The van der Waals surface area contributed by atoms with Crippen molar-refractivity contribution < 1.29 is 14.3 Å². The number of carbonyl (C=O) groups is 2. The molecule has 1 aliphatic rings. The molecular formula is C12H11Br2NO3. The number of ether oxygens (including phenoxy) is 1. The fourth-order valence-corrected chi connectivity index (χ4v) is 3.42. The molecule has 18 heavy (non-hydrogen) atoms. The van der Waals surface area contributed by atoms with E-state index in [1.54, 1.807) is 4.90 Å². The van der Waals surface area contributed by atoms with Crippen molar-refractivity contribution in [2.45, 2.75) is 6.42 Å². The molecule has 2 rings (SSSR count). The van der Waals surface area contributed by atoms with Crippen molar-refractivity contribution >= 4 is 49.4 Å². The van der Waals surface area contributed by atoms with Gasteiger partial charge in [0.1, 0.15) is 0 Å². The Hall–Kier alpha value is -0.880. The Morgan fingerprint density at radius 2 is 2.00 bits per heavy atom. The third-order valence-corrected chi connectivity index (χ3v) is 4.15. The molecule has 1 aromatic rings. The summed E-state index contributed by atoms with van der Waals surface area (Å²) in [4.78, 5) is 25.1. The van der Waals surface area contributed by atoms with E-state index in [2.05, 4.69) is 36.6 Å². The van der Waals surface area contributed by atoms with Crippen molar-refractivity contribution in [1.29, 1.82) is 0 Å². The van der Waals surface area contributed by atoms with E-state index < -0.39 is 0 Å². The Morgan fingerprint density at radius 1 is 1.39 bits per heavy atom. The molecule has 1 unspecified atom stereocenters. The van der Waals surface area contributed by atoms with Gasteiger partial charge < -0.3 is 9.64 Å². The van der Waals surface area contributed by atoms with Crippen LogP contribution in [0.15, 0.2) is 27.1 Å². The minimum atomic E-state index is -0.387. The average molecular weight is 377 g/mol. The zero-order chi connectivity index (χ0) is 13.3. The van der Waals surface area contributed by atoms with Crippen LogP contribution in [-0.2, 0) is 14.3 Å². The topological polar surface area (TPSA) is 46.6 Å². The molecule has 0 aromatic heterocycles. The van der Waals surface area contributed by atoms with Crippen LogP contribution in [0.1, 0.15) is 6.42 Å². The highest BCUT2D eigenvalue weighted by Crippen LogP contribution is 2.37. The van der Waals surface area contributed by atoms with Gasteiger partial charge in [0.05, 0.1) is 18.7 Å². The van der Waals surface area contributed by atoms with Gasteiger partial charge >= 0.3 is 5.97 Å². The zero-order valence-corrected chi connectivity index (χ0v) is 12.8. The van der Waals surface area contributed by atoms with E-state index in [1.165, 1.54) is 7.11 Å². The SMILES string of the molecule is COC(=O)C1CC(=O)N(c2c(Br)cccc2Br)C1. The Labute approximate surface area is 122 Å². The van der Waals surface area contributed by atoms with Gasteiger partial charge in [-0.05, 0) is 44.0 Å². The first-order chi connectivity index (χ1) is 8.54. The van der Waals surface area contributed by atoms with Gasteiger partial charge in [-0.25, -0.2) is 0 Å². The molecule has 1 fully saturated rings. The van der Waals surface area contributed by atoms with Gasteiger partial charge in [0.15, 0.2) is 0 Å². The minimum absolute atomic E-state index is 0.0713. The second kappa shape index (κ2) is 5.40. The summed E-state index contributed by atoms with van der Waals surface area (Å²) in [7, 11) is 1.34. The van der Waals surface area contributed by atoms with Crippen molar-refractivity contribution in [1.82, 2.24) is 0 Å². The number of amides is 1. The van der Waals surface area contributed by atoms with Gasteiger partial charge in [0, 0.05) is 21.9 Å². The Morgan fingerprint density at radius 3 is 2.56 bits per heavy atom. The molecule has 0 radical (unpaired) electrons. The van der Waals surface area contributed by atoms with E-state index in [1.807, 2.05) is 18.2 Å². The first-order valence-electron chi connectivity index (χ1n) is 5.36. The van der Waals surface area contributed by atoms with Gasteiger partial charge in [-0.15, -0.1) is 0 Å². The second-order valence-electron chi connectivity index (χ2n) is 4.00. The number of halogens is 2. The second-order valence-corrected chi connectivity index (χ2v) is 5.71. The van der Waals surface area contributed by atoms with E-state index in [4.69, 9.17) is 0 Å². The molecule has 4 nitrogen and oxygen atoms in total. The summed E-state index contributed by atoms with van der Waals surface area (Å²) in [6.45, 7) is 0.354. The maximum Gasteiger partial charge on any atom is 0.311 e. The highest BCUT2D eigenvalue weighted by atomic mass is 79.9. The lowest BCUT2D eigenvalue weighted by atomic mass is 10.1. The van der Waals surface area contributed by atoms with Gasteiger partial charge in [-0.1, -0.05) is 6.07 Å². The van der Waals surface area contributed by atoms with Gasteiger partial charge in [0.25, 0.3) is 0 Å². The predicted octanol–water partition coefficient (Wildman–Crippen LogP) is 2.74. The Balaban J connectivity index is 2.30. The van der Waals surface area contributed by atoms with E-state index in [9.17, 15) is 9.59 Å². The van der Waals surface area contributed by atoms with Crippen LogP contribution in [0.25, 0.3) is 0 Å². The normalized spacial score (nSPS) is 19.2. The van der Waals surface area contributed by atoms with Crippen LogP contribution >= 0.6 is 31.9 Å². The number of esters is 1. The van der Waals surface area contributed by atoms with Crippen LogP contribution in [0.2, 0.25) is 0 Å². The average Bonchev–Trinajstić information content (AvgIpc) is 2.70. The summed E-state index contributed by atoms with van der Waals surface area (Å²) in [5, 5.41) is 0. The number of hydrogen-bond donors (Lipinski definition) is 0. The van der Waals surface area contributed by atoms with Gasteiger partial charge in [-0.3, -0.25) is 9.59 Å². The van der Waals surface area contributed by atoms with Crippen molar-refractivity contribution in [3.8, 4) is 0 Å².